The molecule has 0 heterocycles. The normalized spacial score (nSPS) is 11.4. The molecule has 0 saturated heterocycles. The number of hydrogen-bond acceptors (Lipinski definition) is 4. The summed E-state index contributed by atoms with van der Waals surface area (Å²) in [5, 5.41) is 3.85. The van der Waals surface area contributed by atoms with Crippen molar-refractivity contribution in [1.82, 2.24) is 4.83 Å². The van der Waals surface area contributed by atoms with Crippen molar-refractivity contribution < 1.29 is 8.42 Å². The second-order valence-electron chi connectivity index (χ2n) is 5.65. The van der Waals surface area contributed by atoms with Crippen LogP contribution in [0.3, 0.4) is 0 Å². The van der Waals surface area contributed by atoms with Crippen LogP contribution in [0.25, 0.3) is 0 Å². The minimum absolute atomic E-state index is 0.178. The zero-order valence-electron chi connectivity index (χ0n) is 14.3. The summed E-state index contributed by atoms with van der Waals surface area (Å²) in [6, 6.07) is 25.9. The monoisotopic (exact) mass is 365 g/mol. The highest BCUT2D eigenvalue weighted by molar-refractivity contribution is 7.89. The van der Waals surface area contributed by atoms with Crippen molar-refractivity contribution in [3.8, 4) is 0 Å². The Balaban J connectivity index is 1.67. The third kappa shape index (κ3) is 4.29. The van der Waals surface area contributed by atoms with Gasteiger partial charge in [0, 0.05) is 18.4 Å². The fraction of sp³-hybridized carbons (Fsp3) is 0.0500. The lowest BCUT2D eigenvalue weighted by Crippen LogP contribution is -2.18. The zero-order valence-corrected chi connectivity index (χ0v) is 15.1. The number of anilines is 2. The van der Waals surface area contributed by atoms with Crippen LogP contribution in [0.5, 0.6) is 0 Å². The molecule has 5 nitrogen and oxygen atoms in total. The molecule has 0 fully saturated rings. The fourth-order valence-corrected chi connectivity index (χ4v) is 3.22. The van der Waals surface area contributed by atoms with Gasteiger partial charge >= 0.3 is 0 Å². The summed E-state index contributed by atoms with van der Waals surface area (Å²) >= 11 is 0. The van der Waals surface area contributed by atoms with Crippen LogP contribution in [0.1, 0.15) is 5.56 Å². The molecular weight excluding hydrogens is 346 g/mol. The van der Waals surface area contributed by atoms with Crippen LogP contribution < -0.4 is 9.73 Å². The van der Waals surface area contributed by atoms with Crippen molar-refractivity contribution in [1.29, 1.82) is 0 Å². The van der Waals surface area contributed by atoms with Crippen LogP contribution in [0.4, 0.5) is 11.4 Å². The van der Waals surface area contributed by atoms with Gasteiger partial charge in [0.15, 0.2) is 0 Å². The maximum Gasteiger partial charge on any atom is 0.276 e. The largest absolute Gasteiger partial charge is 0.345 e. The van der Waals surface area contributed by atoms with E-state index >= 15 is 0 Å². The summed E-state index contributed by atoms with van der Waals surface area (Å²) in [6.45, 7) is 0. The molecular formula is C20H19N3O2S. The summed E-state index contributed by atoms with van der Waals surface area (Å²) in [5.74, 6) is 0. The molecule has 6 heteroatoms. The molecule has 0 unspecified atom stereocenters. The van der Waals surface area contributed by atoms with Gasteiger partial charge in [0.05, 0.1) is 11.1 Å². The Labute approximate surface area is 153 Å². The highest BCUT2D eigenvalue weighted by atomic mass is 32.2. The number of para-hydroxylation sites is 1. The predicted octanol–water partition coefficient (Wildman–Crippen LogP) is 3.77. The number of benzene rings is 3. The minimum Gasteiger partial charge on any atom is -0.345 e. The van der Waals surface area contributed by atoms with Gasteiger partial charge in [0.25, 0.3) is 10.0 Å². The van der Waals surface area contributed by atoms with E-state index in [1.807, 2.05) is 61.6 Å². The van der Waals surface area contributed by atoms with Crippen LogP contribution in [0.15, 0.2) is 94.9 Å². The molecule has 0 atom stereocenters. The average Bonchev–Trinajstić information content (AvgIpc) is 2.69. The van der Waals surface area contributed by atoms with Crippen molar-refractivity contribution in [3.05, 3.63) is 90.5 Å². The van der Waals surface area contributed by atoms with Gasteiger partial charge in [-0.25, -0.2) is 4.83 Å². The summed E-state index contributed by atoms with van der Waals surface area (Å²) < 4.78 is 24.2. The van der Waals surface area contributed by atoms with Crippen LogP contribution in [-0.4, -0.2) is 21.7 Å². The first-order valence-electron chi connectivity index (χ1n) is 8.05. The Morgan fingerprint density at radius 2 is 1.35 bits per heavy atom. The third-order valence-corrected chi connectivity index (χ3v) is 5.10. The van der Waals surface area contributed by atoms with Crippen LogP contribution in [0.2, 0.25) is 0 Å². The van der Waals surface area contributed by atoms with Crippen molar-refractivity contribution in [3.63, 3.8) is 0 Å². The number of hydrogen-bond donors (Lipinski definition) is 1. The van der Waals surface area contributed by atoms with Gasteiger partial charge in [-0.05, 0) is 42.0 Å². The van der Waals surface area contributed by atoms with Crippen LogP contribution in [0, 0.1) is 0 Å². The lowest BCUT2D eigenvalue weighted by molar-refractivity contribution is 0.584. The summed E-state index contributed by atoms with van der Waals surface area (Å²) in [5.41, 5.74) is 2.91. The van der Waals surface area contributed by atoms with Crippen molar-refractivity contribution >= 4 is 27.6 Å². The molecule has 26 heavy (non-hydrogen) atoms. The first-order chi connectivity index (χ1) is 12.6. The Bertz CT molecular complexity index is 971. The second-order valence-corrected chi connectivity index (χ2v) is 7.31. The number of sulfonamides is 1. The Hall–Kier alpha value is -3.12. The van der Waals surface area contributed by atoms with Crippen molar-refractivity contribution in [2.45, 2.75) is 4.90 Å². The molecule has 1 N–H and O–H groups in total. The van der Waals surface area contributed by atoms with Crippen molar-refractivity contribution in [2.24, 2.45) is 5.10 Å². The number of nitrogens with zero attached hydrogens (tertiary/aromatic N) is 2. The molecule has 0 amide bonds. The van der Waals surface area contributed by atoms with Gasteiger partial charge in [-0.2, -0.15) is 13.5 Å². The molecule has 0 aliphatic heterocycles. The highest BCUT2D eigenvalue weighted by Gasteiger charge is 2.11. The van der Waals surface area contributed by atoms with Crippen LogP contribution in [-0.2, 0) is 10.0 Å². The van der Waals surface area contributed by atoms with E-state index in [2.05, 4.69) is 14.8 Å². The van der Waals surface area contributed by atoms with E-state index in [0.29, 0.717) is 0 Å². The maximum atomic E-state index is 12.1. The quantitative estimate of drug-likeness (QED) is 0.534. The molecule has 0 spiro atoms. The smallest absolute Gasteiger partial charge is 0.276 e. The number of nitrogens with one attached hydrogen (secondary N) is 1. The third-order valence-electron chi connectivity index (χ3n) is 3.86. The molecule has 0 bridgehead atoms. The second kappa shape index (κ2) is 7.84. The van der Waals surface area contributed by atoms with E-state index in [4.69, 9.17) is 0 Å². The average molecular weight is 365 g/mol. The lowest BCUT2D eigenvalue weighted by Gasteiger charge is -2.19. The maximum absolute atomic E-state index is 12.1. The predicted molar refractivity (Wildman–Crippen MR) is 105 cm³/mol. The first-order valence-corrected chi connectivity index (χ1v) is 9.53. The fourth-order valence-electron chi connectivity index (χ4n) is 2.41. The molecule has 0 aliphatic carbocycles. The van der Waals surface area contributed by atoms with Gasteiger partial charge in [-0.1, -0.05) is 48.5 Å². The van der Waals surface area contributed by atoms with Gasteiger partial charge in [-0.15, -0.1) is 0 Å². The van der Waals surface area contributed by atoms with E-state index in [1.165, 1.54) is 18.3 Å². The molecule has 3 rings (SSSR count). The van der Waals surface area contributed by atoms with E-state index < -0.39 is 10.0 Å². The summed E-state index contributed by atoms with van der Waals surface area (Å²) in [6.07, 6.45) is 1.48. The van der Waals surface area contributed by atoms with Gasteiger partial charge in [0.2, 0.25) is 0 Å². The minimum atomic E-state index is -3.64. The van der Waals surface area contributed by atoms with E-state index in [9.17, 15) is 8.42 Å². The molecule has 0 aliphatic rings. The Morgan fingerprint density at radius 1 is 0.808 bits per heavy atom. The van der Waals surface area contributed by atoms with Crippen LogP contribution >= 0.6 is 0 Å². The van der Waals surface area contributed by atoms with Gasteiger partial charge in [0.1, 0.15) is 0 Å². The van der Waals surface area contributed by atoms with E-state index in [1.54, 1.807) is 18.2 Å². The van der Waals surface area contributed by atoms with Gasteiger partial charge in [-0.3, -0.25) is 0 Å². The first kappa shape index (κ1) is 17.7. The standard InChI is InChI=1S/C20H19N3O2S/c1-23(18-8-4-2-5-9-18)19-14-12-17(13-15-19)16-21-22-26(24,25)20-10-6-3-7-11-20/h2-16,22H,1H3. The number of rotatable bonds is 6. The molecule has 0 saturated carbocycles. The van der Waals surface area contributed by atoms with Gasteiger partial charge < -0.3 is 4.90 Å². The molecule has 3 aromatic carbocycles. The topological polar surface area (TPSA) is 61.8 Å². The Morgan fingerprint density at radius 3 is 1.96 bits per heavy atom. The number of hydrazone groups is 1. The SMILES string of the molecule is CN(c1ccccc1)c1ccc(C=NNS(=O)(=O)c2ccccc2)cc1. The van der Waals surface area contributed by atoms with E-state index in [-0.39, 0.29) is 4.90 Å². The highest BCUT2D eigenvalue weighted by Crippen LogP contribution is 2.22. The van der Waals surface area contributed by atoms with Crippen molar-refractivity contribution in [2.75, 3.05) is 11.9 Å². The molecule has 0 aromatic heterocycles. The molecule has 0 radical (unpaired) electrons. The zero-order chi connectivity index (χ0) is 18.4. The molecule has 3 aromatic rings. The lowest BCUT2D eigenvalue weighted by atomic mass is 10.2. The van der Waals surface area contributed by atoms with E-state index in [0.717, 1.165) is 16.9 Å². The summed E-state index contributed by atoms with van der Waals surface area (Å²) in [4.78, 5) is 4.46. The summed E-state index contributed by atoms with van der Waals surface area (Å²) in [7, 11) is -1.65. The molecule has 132 valence electrons. The Kier molecular flexibility index (Phi) is 5.34.